The summed E-state index contributed by atoms with van der Waals surface area (Å²) >= 11 is 8.82. The van der Waals surface area contributed by atoms with Crippen LogP contribution in [0.2, 0.25) is 0 Å². The average molecular weight is 236 g/mol. The molecule has 0 heterocycles. The molecule has 0 radical (unpaired) electrons. The minimum atomic E-state index is 0.515. The van der Waals surface area contributed by atoms with Gasteiger partial charge in [0.05, 0.1) is 10.4 Å². The van der Waals surface area contributed by atoms with Crippen molar-refractivity contribution in [2.24, 2.45) is 0 Å². The lowest BCUT2D eigenvalue weighted by Gasteiger charge is -2.04. The first-order valence-electron chi connectivity index (χ1n) is 3.28. The lowest BCUT2D eigenvalue weighted by molar-refractivity contribution is 0.340. The van der Waals surface area contributed by atoms with Crippen LogP contribution in [0.1, 0.15) is 0 Å². The quantitative estimate of drug-likeness (QED) is 0.732. The van der Waals surface area contributed by atoms with E-state index in [4.69, 9.17) is 16.3 Å². The molecule has 11 heavy (non-hydrogen) atoms. The van der Waals surface area contributed by atoms with Gasteiger partial charge in [0.15, 0.2) is 0 Å². The maximum Gasteiger partial charge on any atom is 0.133 e. The maximum atomic E-state index is 5.46. The lowest BCUT2D eigenvalue weighted by Crippen LogP contribution is -1.97. The van der Waals surface area contributed by atoms with Gasteiger partial charge >= 0.3 is 0 Å². The number of hydrogen-bond donors (Lipinski definition) is 0. The van der Waals surface area contributed by atoms with Crippen LogP contribution in [0.5, 0.6) is 5.75 Å². The first kappa shape index (κ1) is 8.88. The lowest BCUT2D eigenvalue weighted by atomic mass is 10.3. The summed E-state index contributed by atoms with van der Waals surface area (Å²) in [6, 6.07) is 7.70. The van der Waals surface area contributed by atoms with Gasteiger partial charge in [0.25, 0.3) is 0 Å². The van der Waals surface area contributed by atoms with Gasteiger partial charge in [-0.3, -0.25) is 0 Å². The van der Waals surface area contributed by atoms with E-state index in [1.54, 1.807) is 0 Å². The van der Waals surface area contributed by atoms with Crippen molar-refractivity contribution in [1.29, 1.82) is 0 Å². The monoisotopic (exact) mass is 234 g/mol. The molecule has 1 aromatic rings. The van der Waals surface area contributed by atoms with Crippen molar-refractivity contribution in [3.63, 3.8) is 0 Å². The molecule has 0 amide bonds. The fourth-order valence-corrected chi connectivity index (χ4v) is 1.19. The summed E-state index contributed by atoms with van der Waals surface area (Å²) in [5, 5.41) is 0. The van der Waals surface area contributed by atoms with Crippen molar-refractivity contribution < 1.29 is 4.74 Å². The Kier molecular flexibility index (Phi) is 3.73. The minimum Gasteiger partial charge on any atom is -0.491 e. The molecule has 0 atom stereocenters. The van der Waals surface area contributed by atoms with Crippen LogP contribution in [-0.2, 0) is 0 Å². The number of ether oxygens (including phenoxy) is 1. The first-order valence-corrected chi connectivity index (χ1v) is 4.60. The number of halogens is 2. The first-order chi connectivity index (χ1) is 5.34. The molecule has 0 N–H and O–H groups in total. The number of para-hydroxylation sites is 1. The fourth-order valence-electron chi connectivity index (χ4n) is 0.710. The van der Waals surface area contributed by atoms with Crippen LogP contribution in [0.3, 0.4) is 0 Å². The van der Waals surface area contributed by atoms with Crippen LogP contribution < -0.4 is 4.74 Å². The fraction of sp³-hybridized carbons (Fsp3) is 0.250. The summed E-state index contributed by atoms with van der Waals surface area (Å²) in [4.78, 5) is 0. The molecule has 0 aromatic heterocycles. The zero-order valence-electron chi connectivity index (χ0n) is 5.89. The van der Waals surface area contributed by atoms with Gasteiger partial charge in [-0.25, -0.2) is 0 Å². The molecule has 0 aliphatic carbocycles. The zero-order chi connectivity index (χ0) is 8.10. The molecule has 0 aliphatic rings. The summed E-state index contributed by atoms with van der Waals surface area (Å²) in [5.74, 6) is 1.36. The van der Waals surface area contributed by atoms with Gasteiger partial charge in [-0.2, -0.15) is 0 Å². The molecule has 0 unspecified atom stereocenters. The van der Waals surface area contributed by atoms with Crippen LogP contribution >= 0.6 is 27.5 Å². The predicted molar refractivity (Wildman–Crippen MR) is 50.4 cm³/mol. The smallest absolute Gasteiger partial charge is 0.133 e. The third kappa shape index (κ3) is 2.72. The van der Waals surface area contributed by atoms with Crippen molar-refractivity contribution in [2.45, 2.75) is 0 Å². The number of alkyl halides is 1. The van der Waals surface area contributed by atoms with Gasteiger partial charge in [-0.05, 0) is 28.1 Å². The second-order valence-corrected chi connectivity index (χ2v) is 3.20. The highest BCUT2D eigenvalue weighted by Crippen LogP contribution is 2.23. The van der Waals surface area contributed by atoms with Crippen LogP contribution in [0.25, 0.3) is 0 Å². The van der Waals surface area contributed by atoms with Gasteiger partial charge in [-0.1, -0.05) is 12.1 Å². The van der Waals surface area contributed by atoms with Crippen LogP contribution in [0, 0.1) is 0 Å². The molecule has 0 bridgehead atoms. The van der Waals surface area contributed by atoms with Gasteiger partial charge in [0, 0.05) is 0 Å². The standard InChI is InChI=1S/C8H8BrClO/c9-7-3-1-2-4-8(7)11-6-5-10/h1-4H,5-6H2. The average Bonchev–Trinajstić information content (AvgIpc) is 2.03. The van der Waals surface area contributed by atoms with Crippen molar-refractivity contribution in [1.82, 2.24) is 0 Å². The highest BCUT2D eigenvalue weighted by Gasteiger charge is 1.96. The Hall–Kier alpha value is -0.210. The molecule has 1 rings (SSSR count). The largest absolute Gasteiger partial charge is 0.491 e. The number of benzene rings is 1. The molecule has 0 aliphatic heterocycles. The van der Waals surface area contributed by atoms with E-state index in [1.165, 1.54) is 0 Å². The molecule has 1 nitrogen and oxygen atoms in total. The minimum absolute atomic E-state index is 0.515. The molecule has 3 heteroatoms. The summed E-state index contributed by atoms with van der Waals surface area (Å²) in [7, 11) is 0. The van der Waals surface area contributed by atoms with Gasteiger partial charge in [0.1, 0.15) is 12.4 Å². The molecule has 1 aromatic carbocycles. The molecule has 0 fully saturated rings. The zero-order valence-corrected chi connectivity index (χ0v) is 8.23. The molecular weight excluding hydrogens is 227 g/mol. The van der Waals surface area contributed by atoms with E-state index in [9.17, 15) is 0 Å². The van der Waals surface area contributed by atoms with E-state index in [2.05, 4.69) is 15.9 Å². The van der Waals surface area contributed by atoms with Gasteiger partial charge in [0.2, 0.25) is 0 Å². The van der Waals surface area contributed by atoms with Crippen LogP contribution in [-0.4, -0.2) is 12.5 Å². The maximum absolute atomic E-state index is 5.46. The third-order valence-electron chi connectivity index (χ3n) is 1.17. The van der Waals surface area contributed by atoms with E-state index in [-0.39, 0.29) is 0 Å². The van der Waals surface area contributed by atoms with E-state index in [0.29, 0.717) is 12.5 Å². The summed E-state index contributed by atoms with van der Waals surface area (Å²) < 4.78 is 6.27. The summed E-state index contributed by atoms with van der Waals surface area (Å²) in [6.07, 6.45) is 0. The van der Waals surface area contributed by atoms with Crippen LogP contribution in [0.4, 0.5) is 0 Å². The normalized spacial score (nSPS) is 9.64. The molecule has 60 valence electrons. The van der Waals surface area contributed by atoms with Gasteiger partial charge < -0.3 is 4.74 Å². The van der Waals surface area contributed by atoms with E-state index in [0.717, 1.165) is 10.2 Å². The Morgan fingerprint density at radius 2 is 2.09 bits per heavy atom. The molecule has 0 saturated carbocycles. The number of rotatable bonds is 3. The molecular formula is C8H8BrClO. The Morgan fingerprint density at radius 3 is 2.73 bits per heavy atom. The van der Waals surface area contributed by atoms with Crippen molar-refractivity contribution >= 4 is 27.5 Å². The van der Waals surface area contributed by atoms with Crippen LogP contribution in [0.15, 0.2) is 28.7 Å². The Morgan fingerprint density at radius 1 is 1.36 bits per heavy atom. The summed E-state index contributed by atoms with van der Waals surface area (Å²) in [6.45, 7) is 0.546. The predicted octanol–water partition coefficient (Wildman–Crippen LogP) is 3.07. The SMILES string of the molecule is ClCCOc1ccccc1Br. The topological polar surface area (TPSA) is 9.23 Å². The Balaban J connectivity index is 2.62. The van der Waals surface area contributed by atoms with E-state index >= 15 is 0 Å². The van der Waals surface area contributed by atoms with E-state index in [1.807, 2.05) is 24.3 Å². The highest BCUT2D eigenvalue weighted by atomic mass is 79.9. The molecule has 0 saturated heterocycles. The van der Waals surface area contributed by atoms with E-state index < -0.39 is 0 Å². The number of hydrogen-bond acceptors (Lipinski definition) is 1. The highest BCUT2D eigenvalue weighted by molar-refractivity contribution is 9.10. The molecule has 0 spiro atoms. The third-order valence-corrected chi connectivity index (χ3v) is 1.98. The summed E-state index contributed by atoms with van der Waals surface area (Å²) in [5.41, 5.74) is 0. The second-order valence-electron chi connectivity index (χ2n) is 1.97. The van der Waals surface area contributed by atoms with Gasteiger partial charge in [-0.15, -0.1) is 11.6 Å². The van der Waals surface area contributed by atoms with Crippen molar-refractivity contribution in [3.05, 3.63) is 28.7 Å². The Bertz CT molecular complexity index is 227. The second kappa shape index (κ2) is 4.62. The van der Waals surface area contributed by atoms with Crippen molar-refractivity contribution in [3.8, 4) is 5.75 Å². The Labute approximate surface area is 79.4 Å². The van der Waals surface area contributed by atoms with Crippen molar-refractivity contribution in [2.75, 3.05) is 12.5 Å².